The number of carboxylic acid groups (broad SMARTS) is 1. The molecular weight excluding hydrogens is 892 g/mol. The largest absolute Gasteiger partial charge is 0.505 e. The highest BCUT2D eigenvalue weighted by molar-refractivity contribution is 6.32. The fourth-order valence-corrected chi connectivity index (χ4v) is 11.8. The van der Waals surface area contributed by atoms with Gasteiger partial charge in [-0.05, 0) is 95.2 Å². The number of halogens is 1. The van der Waals surface area contributed by atoms with Gasteiger partial charge in [0.1, 0.15) is 29.6 Å². The summed E-state index contributed by atoms with van der Waals surface area (Å²) in [7, 11) is 1.43. The molecule has 7 aliphatic rings. The van der Waals surface area contributed by atoms with E-state index in [4.69, 9.17) is 49.5 Å². The van der Waals surface area contributed by atoms with Gasteiger partial charge >= 0.3 is 23.9 Å². The molecule has 17 heteroatoms. The van der Waals surface area contributed by atoms with Crippen molar-refractivity contribution in [3.63, 3.8) is 0 Å². The number of ether oxygens (including phenoxy) is 8. The van der Waals surface area contributed by atoms with E-state index in [-0.39, 0.29) is 53.9 Å². The first-order valence-electron chi connectivity index (χ1n) is 23.6. The van der Waals surface area contributed by atoms with Gasteiger partial charge in [-0.25, -0.2) is 14.4 Å². The zero-order valence-electron chi connectivity index (χ0n) is 38.8. The number of aliphatic hydroxyl groups excluding tert-OH is 3. The Kier molecular flexibility index (Phi) is 14.4. The van der Waals surface area contributed by atoms with Crippen LogP contribution in [0, 0.1) is 41.9 Å². The van der Waals surface area contributed by atoms with Crippen molar-refractivity contribution in [3.8, 4) is 5.75 Å². The first kappa shape index (κ1) is 49.1. The summed E-state index contributed by atoms with van der Waals surface area (Å²) < 4.78 is 48.4. The molecule has 67 heavy (non-hydrogen) atoms. The average Bonchev–Trinajstić information content (AvgIpc) is 3.50. The summed E-state index contributed by atoms with van der Waals surface area (Å²) in [4.78, 5) is 53.9. The normalized spacial score (nSPS) is 40.0. The van der Waals surface area contributed by atoms with E-state index in [1.165, 1.54) is 13.2 Å². The minimum Gasteiger partial charge on any atom is -0.505 e. The van der Waals surface area contributed by atoms with Crippen LogP contribution in [0.2, 0.25) is 5.02 Å². The van der Waals surface area contributed by atoms with Gasteiger partial charge in [0, 0.05) is 41.7 Å². The van der Waals surface area contributed by atoms with Gasteiger partial charge in [0.2, 0.25) is 0 Å². The SMILES string of the molecule is COc1ccc(Cl)c(C)c1C(=O)OC1CC(OC2C(O)CC(O[C@H]3CCC[C@@H]4[C@@H]3C=C[C@H]3CCCCC=C[C@@H]5C=C(C(=O)O)[C@H](C)C[C@]56OC(=O)C(=C6O)OC(=O)[C@@]43C)OC2C)OC(C)C1O. The lowest BCUT2D eigenvalue weighted by Crippen LogP contribution is -2.56. The fraction of sp³-hybridized carbons (Fsp3) is 0.640. The summed E-state index contributed by atoms with van der Waals surface area (Å²) in [5.74, 6) is -6.44. The molecule has 1 spiro atoms. The summed E-state index contributed by atoms with van der Waals surface area (Å²) in [6, 6.07) is 3.18. The first-order chi connectivity index (χ1) is 31.9. The van der Waals surface area contributed by atoms with Crippen LogP contribution < -0.4 is 4.74 Å². The minimum atomic E-state index is -1.62. The molecule has 2 saturated heterocycles. The topological polar surface area (TPSA) is 223 Å². The molecule has 8 rings (SSSR count). The van der Waals surface area contributed by atoms with Crippen molar-refractivity contribution in [2.75, 3.05) is 7.11 Å². The Balaban J connectivity index is 0.952. The highest BCUT2D eigenvalue weighted by Gasteiger charge is 2.60. The van der Waals surface area contributed by atoms with Crippen molar-refractivity contribution in [3.05, 3.63) is 75.8 Å². The highest BCUT2D eigenvalue weighted by Crippen LogP contribution is 2.55. The van der Waals surface area contributed by atoms with Gasteiger partial charge in [0.15, 0.2) is 23.9 Å². The molecule has 16 nitrogen and oxygen atoms in total. The lowest BCUT2D eigenvalue weighted by atomic mass is 9.55. The molecule has 0 aromatic heterocycles. The standard InChI is InChI=1S/C50H63ClO16/c1-24-23-50-29(20-31(24)45(55)56)13-10-8-7-9-12-28-16-17-30-32(49(28,5)48(59)66-43(44(50)54)47(58)67-50)14-11-15-35(30)63-38-21-34(52)42(27(4)62-38)65-39-22-37(41(53)26(3)61-39)64-46(57)40-25(2)33(51)18-19-36(40)60-6/h10,13,16-20,24,26-30,32,34-35,37-39,41-42,52-54H,7-9,11-12,14-15,21-23H2,1-6H3,(H,55,56)/t24-,26?,27?,28-,29-,30+,32-,34?,35+,37?,38?,39?,41?,42?,49-,50+/m1/s1. The Labute approximate surface area is 395 Å². The second-order valence-electron chi connectivity index (χ2n) is 19.5. The molecule has 4 aliphatic heterocycles. The Morgan fingerprint density at radius 2 is 1.66 bits per heavy atom. The molecular formula is C50H63ClO16. The molecule has 2 bridgehead atoms. The van der Waals surface area contributed by atoms with Crippen molar-refractivity contribution in [1.82, 2.24) is 0 Å². The zero-order chi connectivity index (χ0) is 48.1. The van der Waals surface area contributed by atoms with E-state index in [0.29, 0.717) is 42.7 Å². The second kappa shape index (κ2) is 19.6. The number of carbonyl (C=O) groups excluding carboxylic acids is 3. The van der Waals surface area contributed by atoms with E-state index >= 15 is 0 Å². The van der Waals surface area contributed by atoms with Crippen molar-refractivity contribution in [2.45, 2.75) is 160 Å². The Hall–Kier alpha value is -4.29. The molecule has 3 fully saturated rings. The molecule has 0 radical (unpaired) electrons. The smallest absolute Gasteiger partial charge is 0.379 e. The van der Waals surface area contributed by atoms with Gasteiger partial charge in [0.25, 0.3) is 5.76 Å². The van der Waals surface area contributed by atoms with Crippen LogP contribution in [0.25, 0.3) is 0 Å². The summed E-state index contributed by atoms with van der Waals surface area (Å²) in [5.41, 5.74) is -2.00. The van der Waals surface area contributed by atoms with Crippen molar-refractivity contribution in [1.29, 1.82) is 0 Å². The summed E-state index contributed by atoms with van der Waals surface area (Å²) in [5, 5.41) is 44.6. The van der Waals surface area contributed by atoms with E-state index in [0.717, 1.165) is 12.8 Å². The molecule has 3 aliphatic carbocycles. The molecule has 1 saturated carbocycles. The van der Waals surface area contributed by atoms with Gasteiger partial charge in [0.05, 0.1) is 36.9 Å². The Morgan fingerprint density at radius 3 is 2.39 bits per heavy atom. The Bertz CT molecular complexity index is 2210. The van der Waals surface area contributed by atoms with Crippen LogP contribution in [0.5, 0.6) is 5.75 Å². The van der Waals surface area contributed by atoms with Crippen LogP contribution >= 0.6 is 11.6 Å². The maximum Gasteiger partial charge on any atom is 0.379 e. The quantitative estimate of drug-likeness (QED) is 0.117. The van der Waals surface area contributed by atoms with E-state index in [2.05, 4.69) is 6.08 Å². The molecule has 4 heterocycles. The van der Waals surface area contributed by atoms with Crippen LogP contribution in [0.4, 0.5) is 0 Å². The number of aliphatic hydroxyl groups is 3. The fourth-order valence-electron chi connectivity index (χ4n) is 11.7. The van der Waals surface area contributed by atoms with Crippen molar-refractivity contribution in [2.24, 2.45) is 35.0 Å². The van der Waals surface area contributed by atoms with Crippen molar-refractivity contribution < 1.29 is 77.5 Å². The molecule has 8 unspecified atom stereocenters. The average molecular weight is 955 g/mol. The molecule has 1 aromatic rings. The number of carbonyl (C=O) groups is 4. The first-order valence-corrected chi connectivity index (χ1v) is 24.0. The predicted molar refractivity (Wildman–Crippen MR) is 238 cm³/mol. The third-order valence-corrected chi connectivity index (χ3v) is 15.9. The van der Waals surface area contributed by atoms with Gasteiger partial charge < -0.3 is 58.3 Å². The highest BCUT2D eigenvalue weighted by atomic mass is 35.5. The number of hydrogen-bond acceptors (Lipinski definition) is 15. The molecule has 4 N–H and O–H groups in total. The monoisotopic (exact) mass is 954 g/mol. The predicted octanol–water partition coefficient (Wildman–Crippen LogP) is 6.96. The molecule has 366 valence electrons. The van der Waals surface area contributed by atoms with E-state index in [1.807, 2.05) is 19.1 Å². The van der Waals surface area contributed by atoms with E-state index in [9.17, 15) is 39.6 Å². The Morgan fingerprint density at radius 1 is 0.910 bits per heavy atom. The van der Waals surface area contributed by atoms with Gasteiger partial charge in [-0.15, -0.1) is 0 Å². The minimum absolute atomic E-state index is 0.00846. The molecule has 16 atom stereocenters. The number of carboxylic acids is 1. The molecule has 1 aromatic carbocycles. The maximum atomic E-state index is 14.8. The number of aliphatic carboxylic acids is 1. The summed E-state index contributed by atoms with van der Waals surface area (Å²) in [6.07, 6.45) is 6.54. The van der Waals surface area contributed by atoms with E-state index in [1.54, 1.807) is 45.9 Å². The summed E-state index contributed by atoms with van der Waals surface area (Å²) in [6.45, 7) is 8.63. The third-order valence-electron chi connectivity index (χ3n) is 15.5. The number of esters is 3. The number of methoxy groups -OCH3 is 1. The van der Waals surface area contributed by atoms with Crippen molar-refractivity contribution >= 4 is 35.5 Å². The van der Waals surface area contributed by atoms with Crippen LogP contribution in [0.1, 0.15) is 108 Å². The zero-order valence-corrected chi connectivity index (χ0v) is 39.5. The van der Waals surface area contributed by atoms with E-state index < -0.39 is 114 Å². The van der Waals surface area contributed by atoms with Crippen LogP contribution in [-0.2, 0) is 47.5 Å². The number of hydrogen-bond donors (Lipinski definition) is 4. The lowest BCUT2D eigenvalue weighted by Gasteiger charge is -2.51. The van der Waals surface area contributed by atoms with Gasteiger partial charge in [-0.3, -0.25) is 4.79 Å². The van der Waals surface area contributed by atoms with Crippen LogP contribution in [-0.4, -0.2) is 112 Å². The maximum absolute atomic E-state index is 14.8. The van der Waals surface area contributed by atoms with Gasteiger partial charge in [-0.2, -0.15) is 0 Å². The van der Waals surface area contributed by atoms with Crippen LogP contribution in [0.3, 0.4) is 0 Å². The lowest BCUT2D eigenvalue weighted by molar-refractivity contribution is -0.318. The third kappa shape index (κ3) is 9.19. The summed E-state index contributed by atoms with van der Waals surface area (Å²) >= 11 is 6.30. The second-order valence-corrected chi connectivity index (χ2v) is 20.0. The molecule has 0 amide bonds. The number of fused-ring (bicyclic) bond motifs is 3. The number of rotatable bonds is 8. The number of allylic oxidation sites excluding steroid dienone is 2. The van der Waals surface area contributed by atoms with Crippen LogP contribution in [0.15, 0.2) is 59.6 Å². The van der Waals surface area contributed by atoms with Gasteiger partial charge in [-0.1, -0.05) is 61.7 Å². The number of benzene rings is 1.